The van der Waals surface area contributed by atoms with Crippen LogP contribution in [0.25, 0.3) is 0 Å². The molecule has 1 aromatic heterocycles. The predicted molar refractivity (Wildman–Crippen MR) is 144 cm³/mol. The van der Waals surface area contributed by atoms with Gasteiger partial charge in [0, 0.05) is 19.4 Å². The molecule has 12 nitrogen and oxygen atoms in total. The molecule has 2 aromatic rings. The van der Waals surface area contributed by atoms with Gasteiger partial charge in [0.1, 0.15) is 30.5 Å². The predicted octanol–water partition coefficient (Wildman–Crippen LogP) is 1.43. The van der Waals surface area contributed by atoms with Crippen LogP contribution in [-0.4, -0.2) is 59.3 Å². The standard InChI is InChI=1S/C28H37N5O7/c1-16(2)12-21(25(35)31-20-13-19-14-30-22(40-19)10-11-29-27(37)24(20)34)32-26(36)23(17(3)4)33-28(38)39-15-18-8-6-5-7-9-18/h5-9,14,16-17,20-21,23H,10-13,15H2,1-4H3,(H,29,37)(H,31,35)(H,32,36)(H,33,38). The fourth-order valence-electron chi connectivity index (χ4n) is 4.16. The Hall–Kier alpha value is -4.22. The molecule has 3 unspecified atom stereocenters. The van der Waals surface area contributed by atoms with Crippen molar-refractivity contribution in [2.45, 2.75) is 71.7 Å². The van der Waals surface area contributed by atoms with E-state index in [2.05, 4.69) is 26.3 Å². The lowest BCUT2D eigenvalue weighted by Gasteiger charge is -2.27. The first kappa shape index (κ1) is 30.3. The van der Waals surface area contributed by atoms with E-state index in [-0.39, 0.29) is 37.8 Å². The third kappa shape index (κ3) is 8.92. The maximum atomic E-state index is 13.4. The summed E-state index contributed by atoms with van der Waals surface area (Å²) in [5.74, 6) is -2.43. The van der Waals surface area contributed by atoms with Gasteiger partial charge in [-0.25, -0.2) is 9.78 Å². The van der Waals surface area contributed by atoms with Gasteiger partial charge in [-0.15, -0.1) is 0 Å². The lowest BCUT2D eigenvalue weighted by Crippen LogP contribution is -2.58. The second-order valence-electron chi connectivity index (χ2n) is 10.5. The van der Waals surface area contributed by atoms with Crippen molar-refractivity contribution in [3.63, 3.8) is 0 Å². The van der Waals surface area contributed by atoms with Gasteiger partial charge in [-0.1, -0.05) is 58.0 Å². The second-order valence-corrected chi connectivity index (χ2v) is 10.5. The Kier molecular flexibility index (Phi) is 10.8. The van der Waals surface area contributed by atoms with E-state index < -0.39 is 47.7 Å². The van der Waals surface area contributed by atoms with E-state index in [1.807, 2.05) is 44.2 Å². The molecule has 0 spiro atoms. The van der Waals surface area contributed by atoms with Crippen LogP contribution in [0.3, 0.4) is 0 Å². The Morgan fingerprint density at radius 1 is 1.07 bits per heavy atom. The molecule has 0 aliphatic carbocycles. The van der Waals surface area contributed by atoms with E-state index in [1.54, 1.807) is 13.8 Å². The minimum Gasteiger partial charge on any atom is -0.446 e. The number of hydrogen-bond acceptors (Lipinski definition) is 8. The van der Waals surface area contributed by atoms with Crippen LogP contribution in [0.2, 0.25) is 0 Å². The number of ketones is 1. The molecule has 3 atom stereocenters. The number of oxazole rings is 1. The Morgan fingerprint density at radius 2 is 1.80 bits per heavy atom. The molecule has 0 saturated heterocycles. The van der Waals surface area contributed by atoms with Crippen molar-refractivity contribution in [1.29, 1.82) is 0 Å². The van der Waals surface area contributed by atoms with E-state index in [4.69, 9.17) is 9.15 Å². The molecule has 12 heteroatoms. The molecule has 2 heterocycles. The fraction of sp³-hybridized carbons (Fsp3) is 0.500. The van der Waals surface area contributed by atoms with Crippen molar-refractivity contribution in [2.75, 3.05) is 6.54 Å². The number of Topliss-reactive ketones (excluding diaryl/α,β-unsaturated/α-hetero) is 1. The molecule has 0 saturated carbocycles. The van der Waals surface area contributed by atoms with Gasteiger partial charge in [-0.2, -0.15) is 0 Å². The van der Waals surface area contributed by atoms with Crippen LogP contribution in [0, 0.1) is 11.8 Å². The number of carbonyl (C=O) groups is 5. The summed E-state index contributed by atoms with van der Waals surface area (Å²) < 4.78 is 10.9. The van der Waals surface area contributed by atoms with E-state index in [0.717, 1.165) is 5.56 Å². The molecule has 3 rings (SSSR count). The van der Waals surface area contributed by atoms with Crippen molar-refractivity contribution in [3.8, 4) is 0 Å². The highest BCUT2D eigenvalue weighted by Crippen LogP contribution is 2.12. The molecule has 1 aromatic carbocycles. The maximum absolute atomic E-state index is 13.4. The molecule has 1 aliphatic rings. The number of rotatable bonds is 10. The first-order chi connectivity index (χ1) is 19.0. The number of amides is 4. The average molecular weight is 556 g/mol. The smallest absolute Gasteiger partial charge is 0.408 e. The third-order valence-corrected chi connectivity index (χ3v) is 6.26. The Morgan fingerprint density at radius 3 is 2.48 bits per heavy atom. The van der Waals surface area contributed by atoms with Crippen LogP contribution in [-0.2, 0) is 43.4 Å². The molecular formula is C28H37N5O7. The molecule has 216 valence electrons. The minimum atomic E-state index is -1.22. The average Bonchev–Trinajstić information content (AvgIpc) is 3.35. The van der Waals surface area contributed by atoms with Gasteiger partial charge < -0.3 is 30.4 Å². The van der Waals surface area contributed by atoms with Gasteiger partial charge in [0.25, 0.3) is 5.91 Å². The number of carbonyl (C=O) groups excluding carboxylic acids is 5. The van der Waals surface area contributed by atoms with Crippen molar-refractivity contribution < 1.29 is 33.1 Å². The summed E-state index contributed by atoms with van der Waals surface area (Å²) in [5, 5.41) is 10.4. The number of fused-ring (bicyclic) bond motifs is 2. The highest BCUT2D eigenvalue weighted by Gasteiger charge is 2.34. The number of hydrogen-bond donors (Lipinski definition) is 4. The van der Waals surface area contributed by atoms with Crippen LogP contribution >= 0.6 is 0 Å². The number of aromatic nitrogens is 1. The normalized spacial score (nSPS) is 17.0. The third-order valence-electron chi connectivity index (χ3n) is 6.26. The number of nitrogens with one attached hydrogen (secondary N) is 4. The first-order valence-electron chi connectivity index (χ1n) is 13.4. The summed E-state index contributed by atoms with van der Waals surface area (Å²) >= 11 is 0. The number of alkyl carbamates (subject to hydrolysis) is 1. The van der Waals surface area contributed by atoms with E-state index in [9.17, 15) is 24.0 Å². The van der Waals surface area contributed by atoms with Gasteiger partial charge in [0.2, 0.25) is 17.6 Å². The fourth-order valence-corrected chi connectivity index (χ4v) is 4.16. The molecule has 2 bridgehead atoms. The Balaban J connectivity index is 1.68. The van der Waals surface area contributed by atoms with Gasteiger partial charge in [-0.05, 0) is 23.8 Å². The van der Waals surface area contributed by atoms with E-state index in [1.165, 1.54) is 6.20 Å². The van der Waals surface area contributed by atoms with E-state index >= 15 is 0 Å². The SMILES string of the molecule is CC(C)CC(NC(=O)C(NC(=O)OCc1ccccc1)C(C)C)C(=O)NC1Cc2cnc(o2)CCNC(=O)C1=O. The summed E-state index contributed by atoms with van der Waals surface area (Å²) in [7, 11) is 0. The zero-order valence-electron chi connectivity index (χ0n) is 23.2. The van der Waals surface area contributed by atoms with Gasteiger partial charge in [0.15, 0.2) is 5.89 Å². The number of ether oxygens (including phenoxy) is 1. The summed E-state index contributed by atoms with van der Waals surface area (Å²) in [5.41, 5.74) is 0.794. The minimum absolute atomic E-state index is 0.00257. The maximum Gasteiger partial charge on any atom is 0.408 e. The Labute approximate surface area is 233 Å². The molecule has 1 aliphatic heterocycles. The highest BCUT2D eigenvalue weighted by molar-refractivity contribution is 6.38. The lowest BCUT2D eigenvalue weighted by atomic mass is 9.99. The monoisotopic (exact) mass is 555 g/mol. The van der Waals surface area contributed by atoms with Crippen LogP contribution in [0.15, 0.2) is 40.9 Å². The molecule has 4 amide bonds. The zero-order chi connectivity index (χ0) is 29.2. The summed E-state index contributed by atoms with van der Waals surface area (Å²) in [6.07, 6.45) is 1.20. The molecule has 0 radical (unpaired) electrons. The summed E-state index contributed by atoms with van der Waals surface area (Å²) in [6.45, 7) is 7.46. The van der Waals surface area contributed by atoms with Crippen LogP contribution in [0.1, 0.15) is 51.3 Å². The molecule has 0 fully saturated rings. The Bertz CT molecular complexity index is 1190. The topological polar surface area (TPSA) is 169 Å². The quantitative estimate of drug-likeness (QED) is 0.319. The zero-order valence-corrected chi connectivity index (χ0v) is 23.2. The largest absolute Gasteiger partial charge is 0.446 e. The van der Waals surface area contributed by atoms with Gasteiger partial charge in [0.05, 0.1) is 6.20 Å². The van der Waals surface area contributed by atoms with Crippen molar-refractivity contribution in [2.24, 2.45) is 11.8 Å². The lowest BCUT2D eigenvalue weighted by molar-refractivity contribution is -0.140. The van der Waals surface area contributed by atoms with Crippen molar-refractivity contribution >= 4 is 29.6 Å². The molecule has 40 heavy (non-hydrogen) atoms. The number of nitrogens with zero attached hydrogens (tertiary/aromatic N) is 1. The summed E-state index contributed by atoms with van der Waals surface area (Å²) in [6, 6.07) is 5.87. The number of benzene rings is 1. The van der Waals surface area contributed by atoms with Crippen LogP contribution in [0.5, 0.6) is 0 Å². The molecule has 4 N–H and O–H groups in total. The van der Waals surface area contributed by atoms with E-state index in [0.29, 0.717) is 18.1 Å². The second kappa shape index (κ2) is 14.2. The van der Waals surface area contributed by atoms with Crippen molar-refractivity contribution in [3.05, 3.63) is 53.7 Å². The molecular weight excluding hydrogens is 518 g/mol. The van der Waals surface area contributed by atoms with Gasteiger partial charge in [-0.3, -0.25) is 19.2 Å². The van der Waals surface area contributed by atoms with Crippen LogP contribution in [0.4, 0.5) is 4.79 Å². The first-order valence-corrected chi connectivity index (χ1v) is 13.4. The van der Waals surface area contributed by atoms with Crippen molar-refractivity contribution in [1.82, 2.24) is 26.3 Å². The van der Waals surface area contributed by atoms with Gasteiger partial charge >= 0.3 is 6.09 Å². The highest BCUT2D eigenvalue weighted by atomic mass is 16.5. The summed E-state index contributed by atoms with van der Waals surface area (Å²) in [4.78, 5) is 68.4. The van der Waals surface area contributed by atoms with Crippen LogP contribution < -0.4 is 21.3 Å².